The number of likely N-dealkylation sites (tertiary alicyclic amines) is 1. The molecule has 2 aliphatic heterocycles. The Morgan fingerprint density at radius 2 is 1.92 bits per heavy atom. The van der Waals surface area contributed by atoms with Crippen LogP contribution in [0.3, 0.4) is 0 Å². The summed E-state index contributed by atoms with van der Waals surface area (Å²) in [5.74, 6) is 0.832. The Hall–Kier alpha value is -1.83. The van der Waals surface area contributed by atoms with E-state index in [9.17, 15) is 4.79 Å². The molecule has 2 atom stereocenters. The zero-order valence-electron chi connectivity index (χ0n) is 15.0. The number of benzene rings is 1. The van der Waals surface area contributed by atoms with Crippen LogP contribution in [-0.2, 0) is 9.53 Å². The van der Waals surface area contributed by atoms with Gasteiger partial charge >= 0.3 is 0 Å². The minimum absolute atomic E-state index is 0.202. The van der Waals surface area contributed by atoms with Gasteiger partial charge < -0.3 is 9.64 Å². The molecule has 2 fully saturated rings. The van der Waals surface area contributed by atoms with Crippen LogP contribution in [0, 0.1) is 6.92 Å². The summed E-state index contributed by atoms with van der Waals surface area (Å²) in [4.78, 5) is 16.8. The lowest BCUT2D eigenvalue weighted by atomic mass is 9.87. The van der Waals surface area contributed by atoms with Crippen molar-refractivity contribution in [2.75, 3.05) is 45.9 Å². The third kappa shape index (κ3) is 3.79. The van der Waals surface area contributed by atoms with Gasteiger partial charge in [0, 0.05) is 43.4 Å². The zero-order valence-corrected chi connectivity index (χ0v) is 15.8. The molecule has 1 amide bonds. The number of ether oxygens (including phenoxy) is 1. The Morgan fingerprint density at radius 3 is 2.62 bits per heavy atom. The number of hydrogen-bond acceptors (Lipinski definition) is 6. The quantitative estimate of drug-likeness (QED) is 0.820. The van der Waals surface area contributed by atoms with E-state index in [0.717, 1.165) is 18.8 Å². The van der Waals surface area contributed by atoms with Gasteiger partial charge in [0.1, 0.15) is 0 Å². The number of aryl methyl sites for hydroxylation is 1. The predicted octanol–water partition coefficient (Wildman–Crippen LogP) is 1.89. The lowest BCUT2D eigenvalue weighted by Gasteiger charge is -2.28. The Bertz CT molecular complexity index is 729. The van der Waals surface area contributed by atoms with Gasteiger partial charge in [0.25, 0.3) is 0 Å². The van der Waals surface area contributed by atoms with E-state index < -0.39 is 0 Å². The predicted molar refractivity (Wildman–Crippen MR) is 100 cm³/mol. The maximum absolute atomic E-state index is 12.6. The third-order valence-corrected chi connectivity index (χ3v) is 5.90. The molecule has 26 heavy (non-hydrogen) atoms. The number of carbonyl (C=O) groups excluding carboxylic acids is 1. The highest BCUT2D eigenvalue weighted by atomic mass is 32.1. The number of amides is 1. The van der Waals surface area contributed by atoms with Crippen LogP contribution in [0.4, 0.5) is 0 Å². The first-order valence-electron chi connectivity index (χ1n) is 9.12. The number of aromatic nitrogens is 2. The highest BCUT2D eigenvalue weighted by Gasteiger charge is 2.37. The standard InChI is InChI=1S/C19H24N4O2S/c1-14-2-4-15(5-3-14)16-10-22(11-17(16)18-13-26-21-20-18)12-19(24)23-6-8-25-9-7-23/h2-5,13,16-17H,6-12H2,1H3/t16-,17+/m0/s1. The molecule has 0 unspecified atom stereocenters. The van der Waals surface area contributed by atoms with Crippen LogP contribution in [0.25, 0.3) is 0 Å². The van der Waals surface area contributed by atoms with E-state index in [1.807, 2.05) is 10.3 Å². The molecule has 2 aromatic rings. The van der Waals surface area contributed by atoms with Crippen LogP contribution in [-0.4, -0.2) is 71.2 Å². The fourth-order valence-corrected chi connectivity index (χ4v) is 4.42. The smallest absolute Gasteiger partial charge is 0.236 e. The second-order valence-electron chi connectivity index (χ2n) is 7.14. The van der Waals surface area contributed by atoms with Gasteiger partial charge in [-0.15, -0.1) is 5.10 Å². The maximum Gasteiger partial charge on any atom is 0.236 e. The summed E-state index contributed by atoms with van der Waals surface area (Å²) in [5.41, 5.74) is 3.62. The van der Waals surface area contributed by atoms with Gasteiger partial charge in [0.05, 0.1) is 25.5 Å². The Balaban J connectivity index is 1.49. The first-order valence-corrected chi connectivity index (χ1v) is 9.96. The van der Waals surface area contributed by atoms with Crippen LogP contribution < -0.4 is 0 Å². The molecule has 0 spiro atoms. The molecule has 3 heterocycles. The van der Waals surface area contributed by atoms with Crippen LogP contribution in [0.2, 0.25) is 0 Å². The number of morpholine rings is 1. The van der Waals surface area contributed by atoms with E-state index in [-0.39, 0.29) is 11.8 Å². The minimum Gasteiger partial charge on any atom is -0.378 e. The lowest BCUT2D eigenvalue weighted by Crippen LogP contribution is -2.45. The van der Waals surface area contributed by atoms with Gasteiger partial charge in [0.15, 0.2) is 0 Å². The molecule has 2 aliphatic rings. The van der Waals surface area contributed by atoms with Gasteiger partial charge in [-0.25, -0.2) is 0 Å². The summed E-state index contributed by atoms with van der Waals surface area (Å²) in [5, 5.41) is 6.37. The molecular weight excluding hydrogens is 348 g/mol. The molecular formula is C19H24N4O2S. The average Bonchev–Trinajstić information content (AvgIpc) is 3.33. The van der Waals surface area contributed by atoms with Crippen LogP contribution >= 0.6 is 11.5 Å². The summed E-state index contributed by atoms with van der Waals surface area (Å²) in [6, 6.07) is 8.74. The molecule has 1 aromatic heterocycles. The first-order chi connectivity index (χ1) is 12.7. The maximum atomic E-state index is 12.6. The minimum atomic E-state index is 0.202. The SMILES string of the molecule is Cc1ccc([C@@H]2CN(CC(=O)N3CCOCC3)C[C@H]2c2csnn2)cc1. The summed E-state index contributed by atoms with van der Waals surface area (Å²) in [6.07, 6.45) is 0. The van der Waals surface area contributed by atoms with Crippen molar-refractivity contribution in [2.45, 2.75) is 18.8 Å². The van der Waals surface area contributed by atoms with Gasteiger partial charge in [-0.1, -0.05) is 34.3 Å². The van der Waals surface area contributed by atoms with Gasteiger partial charge in [-0.3, -0.25) is 9.69 Å². The third-order valence-electron chi connectivity index (χ3n) is 5.38. The second kappa shape index (κ2) is 7.82. The summed E-state index contributed by atoms with van der Waals surface area (Å²) in [6.45, 7) is 6.99. The van der Waals surface area contributed by atoms with Crippen molar-refractivity contribution in [1.82, 2.24) is 19.4 Å². The van der Waals surface area contributed by atoms with Crippen molar-refractivity contribution >= 4 is 17.4 Å². The fourth-order valence-electron chi connectivity index (χ4n) is 3.90. The Labute approximate surface area is 157 Å². The summed E-state index contributed by atoms with van der Waals surface area (Å²) in [7, 11) is 0. The Morgan fingerprint density at radius 1 is 1.19 bits per heavy atom. The molecule has 7 heteroatoms. The first kappa shape index (κ1) is 17.6. The molecule has 0 aliphatic carbocycles. The molecule has 0 radical (unpaired) electrons. The topological polar surface area (TPSA) is 58.6 Å². The molecule has 1 aromatic carbocycles. The molecule has 0 saturated carbocycles. The lowest BCUT2D eigenvalue weighted by molar-refractivity contribution is -0.136. The van der Waals surface area contributed by atoms with E-state index in [1.165, 1.54) is 22.7 Å². The fraction of sp³-hybridized carbons (Fsp3) is 0.526. The monoisotopic (exact) mass is 372 g/mol. The van der Waals surface area contributed by atoms with Gasteiger partial charge in [-0.05, 0) is 24.0 Å². The second-order valence-corrected chi connectivity index (χ2v) is 7.75. The van der Waals surface area contributed by atoms with Gasteiger partial charge in [0.2, 0.25) is 5.91 Å². The van der Waals surface area contributed by atoms with E-state index in [0.29, 0.717) is 38.8 Å². The highest BCUT2D eigenvalue weighted by molar-refractivity contribution is 7.03. The molecule has 138 valence electrons. The van der Waals surface area contributed by atoms with E-state index in [4.69, 9.17) is 4.74 Å². The molecule has 2 saturated heterocycles. The van der Waals surface area contributed by atoms with Crippen LogP contribution in [0.15, 0.2) is 29.6 Å². The van der Waals surface area contributed by atoms with E-state index in [2.05, 4.69) is 45.7 Å². The number of rotatable bonds is 4. The number of nitrogens with zero attached hydrogens (tertiary/aromatic N) is 4. The largest absolute Gasteiger partial charge is 0.378 e. The average molecular weight is 372 g/mol. The van der Waals surface area contributed by atoms with Gasteiger partial charge in [-0.2, -0.15) is 0 Å². The summed E-state index contributed by atoms with van der Waals surface area (Å²) >= 11 is 1.40. The van der Waals surface area contributed by atoms with Crippen molar-refractivity contribution in [3.63, 3.8) is 0 Å². The van der Waals surface area contributed by atoms with Crippen LogP contribution in [0.1, 0.15) is 28.7 Å². The van der Waals surface area contributed by atoms with Crippen molar-refractivity contribution in [3.8, 4) is 0 Å². The zero-order chi connectivity index (χ0) is 17.9. The van der Waals surface area contributed by atoms with Crippen molar-refractivity contribution in [2.24, 2.45) is 0 Å². The highest BCUT2D eigenvalue weighted by Crippen LogP contribution is 2.39. The molecule has 0 bridgehead atoms. The van der Waals surface area contributed by atoms with E-state index >= 15 is 0 Å². The summed E-state index contributed by atoms with van der Waals surface area (Å²) < 4.78 is 9.40. The molecule has 6 nitrogen and oxygen atoms in total. The normalized spacial score (nSPS) is 24.1. The Kier molecular flexibility index (Phi) is 5.28. The van der Waals surface area contributed by atoms with Crippen LogP contribution in [0.5, 0.6) is 0 Å². The van der Waals surface area contributed by atoms with Crippen molar-refractivity contribution in [1.29, 1.82) is 0 Å². The van der Waals surface area contributed by atoms with Crippen molar-refractivity contribution < 1.29 is 9.53 Å². The number of carbonyl (C=O) groups is 1. The van der Waals surface area contributed by atoms with E-state index in [1.54, 1.807) is 0 Å². The number of hydrogen-bond donors (Lipinski definition) is 0. The molecule has 0 N–H and O–H groups in total. The molecule has 4 rings (SSSR count). The van der Waals surface area contributed by atoms with Crippen molar-refractivity contribution in [3.05, 3.63) is 46.5 Å².